The van der Waals surface area contributed by atoms with Gasteiger partial charge in [-0.3, -0.25) is 0 Å². The maximum Gasteiger partial charge on any atom is 0.317 e. The quantitative estimate of drug-likeness (QED) is 0.691. The molecule has 0 saturated heterocycles. The van der Waals surface area contributed by atoms with Crippen molar-refractivity contribution < 1.29 is 4.79 Å². The highest BCUT2D eigenvalue weighted by molar-refractivity contribution is 5.75. The lowest BCUT2D eigenvalue weighted by Gasteiger charge is -2.34. The molecule has 3 nitrogen and oxygen atoms in total. The van der Waals surface area contributed by atoms with E-state index in [9.17, 15) is 4.79 Å². The lowest BCUT2D eigenvalue weighted by molar-refractivity contribution is 0.182. The van der Waals surface area contributed by atoms with Crippen LogP contribution in [0.3, 0.4) is 0 Å². The number of nitrogens with one attached hydrogen (secondary N) is 1. The van der Waals surface area contributed by atoms with Gasteiger partial charge in [0.25, 0.3) is 0 Å². The molecule has 2 saturated carbocycles. The number of hydrogen-bond donors (Lipinski definition) is 1. The first-order valence-corrected chi connectivity index (χ1v) is 5.20. The summed E-state index contributed by atoms with van der Waals surface area (Å²) in [7, 11) is 1.90. The zero-order valence-electron chi connectivity index (χ0n) is 8.42. The van der Waals surface area contributed by atoms with Crippen molar-refractivity contribution in [2.75, 3.05) is 7.05 Å². The van der Waals surface area contributed by atoms with Crippen LogP contribution in [0.2, 0.25) is 0 Å². The van der Waals surface area contributed by atoms with Gasteiger partial charge in [-0.1, -0.05) is 6.92 Å². The maximum atomic E-state index is 11.5. The molecule has 0 radical (unpaired) electrons. The molecule has 3 heteroatoms. The molecule has 0 bridgehead atoms. The highest BCUT2D eigenvalue weighted by Gasteiger charge is 2.32. The molecule has 13 heavy (non-hydrogen) atoms. The third kappa shape index (κ3) is 1.95. The fraction of sp³-hybridized carbons (Fsp3) is 0.900. The van der Waals surface area contributed by atoms with Crippen molar-refractivity contribution in [3.63, 3.8) is 0 Å². The Labute approximate surface area is 79.5 Å². The van der Waals surface area contributed by atoms with Crippen LogP contribution in [-0.4, -0.2) is 30.1 Å². The Morgan fingerprint density at radius 2 is 2.00 bits per heavy atom. The summed E-state index contributed by atoms with van der Waals surface area (Å²) < 4.78 is 0. The minimum Gasteiger partial charge on any atom is -0.335 e. The van der Waals surface area contributed by atoms with Gasteiger partial charge >= 0.3 is 6.03 Å². The van der Waals surface area contributed by atoms with Crippen molar-refractivity contribution >= 4 is 6.03 Å². The lowest BCUT2D eigenvalue weighted by Crippen LogP contribution is -2.48. The molecule has 74 valence electrons. The van der Waals surface area contributed by atoms with Crippen molar-refractivity contribution in [2.24, 2.45) is 5.92 Å². The highest BCUT2D eigenvalue weighted by Crippen LogP contribution is 2.28. The Balaban J connectivity index is 1.71. The summed E-state index contributed by atoms with van der Waals surface area (Å²) >= 11 is 0. The fourth-order valence-corrected chi connectivity index (χ4v) is 1.92. The number of nitrogens with zero attached hydrogens (tertiary/aromatic N) is 1. The van der Waals surface area contributed by atoms with E-state index < -0.39 is 0 Å². The first-order valence-electron chi connectivity index (χ1n) is 5.20. The van der Waals surface area contributed by atoms with Gasteiger partial charge in [-0.25, -0.2) is 4.79 Å². The molecule has 0 spiro atoms. The van der Waals surface area contributed by atoms with E-state index in [0.29, 0.717) is 12.1 Å². The van der Waals surface area contributed by atoms with Crippen molar-refractivity contribution in [3.05, 3.63) is 0 Å². The summed E-state index contributed by atoms with van der Waals surface area (Å²) in [5.41, 5.74) is 0. The van der Waals surface area contributed by atoms with Crippen molar-refractivity contribution in [1.29, 1.82) is 0 Å². The van der Waals surface area contributed by atoms with Gasteiger partial charge in [-0.05, 0) is 31.6 Å². The fourth-order valence-electron chi connectivity index (χ4n) is 1.92. The summed E-state index contributed by atoms with van der Waals surface area (Å²) in [6, 6.07) is 1.10. The second-order valence-corrected chi connectivity index (χ2v) is 4.57. The molecule has 0 aromatic carbocycles. The maximum absolute atomic E-state index is 11.5. The van der Waals surface area contributed by atoms with Gasteiger partial charge in [0.1, 0.15) is 0 Å². The van der Waals surface area contributed by atoms with Crippen LogP contribution in [0.25, 0.3) is 0 Å². The van der Waals surface area contributed by atoms with E-state index in [1.54, 1.807) is 0 Å². The molecule has 0 aliphatic heterocycles. The van der Waals surface area contributed by atoms with E-state index in [1.165, 1.54) is 12.8 Å². The summed E-state index contributed by atoms with van der Waals surface area (Å²) in [6.07, 6.45) is 4.68. The second kappa shape index (κ2) is 3.20. The van der Waals surface area contributed by atoms with Gasteiger partial charge in [0.05, 0.1) is 0 Å². The summed E-state index contributed by atoms with van der Waals surface area (Å²) in [5, 5.41) is 3.05. The first kappa shape index (κ1) is 8.85. The number of urea groups is 1. The number of amides is 2. The van der Waals surface area contributed by atoms with E-state index in [-0.39, 0.29) is 6.03 Å². The number of rotatable bonds is 2. The van der Waals surface area contributed by atoms with Gasteiger partial charge in [0.2, 0.25) is 0 Å². The van der Waals surface area contributed by atoms with Crippen molar-refractivity contribution in [3.8, 4) is 0 Å². The molecule has 2 amide bonds. The highest BCUT2D eigenvalue weighted by atomic mass is 16.2. The van der Waals surface area contributed by atoms with Crippen molar-refractivity contribution in [2.45, 2.75) is 44.7 Å². The number of hydrogen-bond acceptors (Lipinski definition) is 1. The lowest BCUT2D eigenvalue weighted by atomic mass is 9.82. The molecular formula is C10H18N2O. The average Bonchev–Trinajstić information content (AvgIpc) is 2.82. The molecule has 2 aliphatic carbocycles. The average molecular weight is 182 g/mol. The number of carbonyl (C=O) groups excluding carboxylic acids is 1. The van der Waals surface area contributed by atoms with Gasteiger partial charge in [-0.15, -0.1) is 0 Å². The number of carbonyl (C=O) groups is 1. The summed E-state index contributed by atoms with van der Waals surface area (Å²) in [4.78, 5) is 13.4. The van der Waals surface area contributed by atoms with Crippen molar-refractivity contribution in [1.82, 2.24) is 10.2 Å². The second-order valence-electron chi connectivity index (χ2n) is 4.57. The predicted molar refractivity (Wildman–Crippen MR) is 51.5 cm³/mol. The van der Waals surface area contributed by atoms with Crippen LogP contribution >= 0.6 is 0 Å². The molecule has 1 N–H and O–H groups in total. The third-order valence-corrected chi connectivity index (χ3v) is 3.12. The smallest absolute Gasteiger partial charge is 0.317 e. The monoisotopic (exact) mass is 182 g/mol. The first-order chi connectivity index (χ1) is 6.16. The Morgan fingerprint density at radius 3 is 2.46 bits per heavy atom. The van der Waals surface area contributed by atoms with Crippen LogP contribution in [0.1, 0.15) is 32.6 Å². The van der Waals surface area contributed by atoms with Gasteiger partial charge < -0.3 is 10.2 Å². The summed E-state index contributed by atoms with van der Waals surface area (Å²) in [6.45, 7) is 2.23. The third-order valence-electron chi connectivity index (χ3n) is 3.12. The summed E-state index contributed by atoms with van der Waals surface area (Å²) in [5.74, 6) is 0.802. The molecule has 0 aromatic rings. The van der Waals surface area contributed by atoms with Crippen LogP contribution < -0.4 is 5.32 Å². The standard InChI is InChI=1S/C10H18N2O/c1-7-5-8(6-7)11-10(13)12(2)9-3-4-9/h7-9H,3-6H2,1-2H3,(H,11,13). The van der Waals surface area contributed by atoms with Gasteiger partial charge in [0.15, 0.2) is 0 Å². The van der Waals surface area contributed by atoms with E-state index in [4.69, 9.17) is 0 Å². The van der Waals surface area contributed by atoms with E-state index >= 15 is 0 Å². The van der Waals surface area contributed by atoms with E-state index in [0.717, 1.165) is 18.8 Å². The molecule has 2 aliphatic rings. The minimum absolute atomic E-state index is 0.124. The van der Waals surface area contributed by atoms with Crippen LogP contribution in [0.5, 0.6) is 0 Å². The molecule has 0 aromatic heterocycles. The Kier molecular flexibility index (Phi) is 2.18. The van der Waals surface area contributed by atoms with Crippen LogP contribution in [0.4, 0.5) is 4.79 Å². The van der Waals surface area contributed by atoms with E-state index in [1.807, 2.05) is 11.9 Å². The minimum atomic E-state index is 0.124. The largest absolute Gasteiger partial charge is 0.335 e. The van der Waals surface area contributed by atoms with Crippen LogP contribution in [-0.2, 0) is 0 Å². The Hall–Kier alpha value is -0.730. The molecule has 2 fully saturated rings. The molecule has 2 rings (SSSR count). The normalized spacial score (nSPS) is 32.2. The zero-order chi connectivity index (χ0) is 9.42. The topological polar surface area (TPSA) is 32.3 Å². The van der Waals surface area contributed by atoms with Crippen LogP contribution in [0, 0.1) is 5.92 Å². The SMILES string of the molecule is CC1CC(NC(=O)N(C)C2CC2)C1. The van der Waals surface area contributed by atoms with Gasteiger partial charge in [-0.2, -0.15) is 0 Å². The van der Waals surface area contributed by atoms with E-state index in [2.05, 4.69) is 12.2 Å². The zero-order valence-corrected chi connectivity index (χ0v) is 8.42. The molecular weight excluding hydrogens is 164 g/mol. The predicted octanol–water partition coefficient (Wildman–Crippen LogP) is 1.59. The molecule has 0 unspecified atom stereocenters. The Bertz CT molecular complexity index is 207. The molecule has 0 atom stereocenters. The van der Waals surface area contributed by atoms with Crippen LogP contribution in [0.15, 0.2) is 0 Å². The van der Waals surface area contributed by atoms with Gasteiger partial charge in [0, 0.05) is 19.1 Å². The molecule has 0 heterocycles. The Morgan fingerprint density at radius 1 is 1.38 bits per heavy atom.